The second-order valence-electron chi connectivity index (χ2n) is 11.3. The summed E-state index contributed by atoms with van der Waals surface area (Å²) in [7, 11) is 3.10. The fourth-order valence-corrected chi connectivity index (χ4v) is 6.07. The number of hydrogen-bond donors (Lipinski definition) is 3. The van der Waals surface area contributed by atoms with Gasteiger partial charge in [0.05, 0.1) is 12.5 Å². The summed E-state index contributed by atoms with van der Waals surface area (Å²) in [5.41, 5.74) is 8.83. The molecule has 2 aromatic carbocycles. The van der Waals surface area contributed by atoms with Gasteiger partial charge in [-0.1, -0.05) is 61.4 Å². The van der Waals surface area contributed by atoms with Gasteiger partial charge in [-0.05, 0) is 47.9 Å². The number of carbonyl (C=O) groups excluding carboxylic acids is 3. The minimum atomic E-state index is -1.90. The van der Waals surface area contributed by atoms with Crippen molar-refractivity contribution in [3.05, 3.63) is 59.7 Å². The Morgan fingerprint density at radius 3 is 2.10 bits per heavy atom. The van der Waals surface area contributed by atoms with Crippen molar-refractivity contribution in [1.82, 2.24) is 10.2 Å². The zero-order chi connectivity index (χ0) is 29.0. The Kier molecular flexibility index (Phi) is 9.05. The third-order valence-electron chi connectivity index (χ3n) is 8.29. The van der Waals surface area contributed by atoms with E-state index >= 15 is 0 Å². The molecule has 0 radical (unpaired) electrons. The van der Waals surface area contributed by atoms with Crippen LogP contribution in [0.2, 0.25) is 0 Å². The van der Waals surface area contributed by atoms with Crippen LogP contribution in [-0.4, -0.2) is 72.5 Å². The maximum Gasteiger partial charge on any atom is 0.333 e. The minimum Gasteiger partial charge on any atom is -0.481 e. The van der Waals surface area contributed by atoms with Gasteiger partial charge in [-0.15, -0.1) is 0 Å². The highest BCUT2D eigenvalue weighted by molar-refractivity contribution is 6.09. The fraction of sp³-hybridized carbons (Fsp3) is 0.484. The summed E-state index contributed by atoms with van der Waals surface area (Å²) in [6.45, 7) is 1.48. The number of nitrogens with one attached hydrogen (secondary N) is 1. The van der Waals surface area contributed by atoms with Crippen LogP contribution in [0.1, 0.15) is 56.1 Å². The first-order chi connectivity index (χ1) is 19.0. The quantitative estimate of drug-likeness (QED) is 0.271. The summed E-state index contributed by atoms with van der Waals surface area (Å²) in [5, 5.41) is 12.3. The molecule has 0 bridgehead atoms. The number of nitrogens with two attached hydrogens (primary N) is 1. The van der Waals surface area contributed by atoms with Gasteiger partial charge in [0, 0.05) is 32.5 Å². The van der Waals surface area contributed by atoms with Crippen molar-refractivity contribution in [3.63, 3.8) is 0 Å². The number of rotatable bonds is 12. The van der Waals surface area contributed by atoms with Crippen molar-refractivity contribution < 1.29 is 29.0 Å². The number of carbonyl (C=O) groups is 4. The van der Waals surface area contributed by atoms with Crippen LogP contribution >= 0.6 is 0 Å². The smallest absolute Gasteiger partial charge is 0.333 e. The number of fused-ring (bicyclic) bond motifs is 3. The average molecular weight is 550 g/mol. The maximum absolute atomic E-state index is 13.8. The molecule has 214 valence electrons. The van der Waals surface area contributed by atoms with Crippen molar-refractivity contribution in [2.75, 3.05) is 27.2 Å². The highest BCUT2D eigenvalue weighted by Gasteiger charge is 2.46. The minimum absolute atomic E-state index is 0.0239. The van der Waals surface area contributed by atoms with Gasteiger partial charge in [-0.25, -0.2) is 4.79 Å². The van der Waals surface area contributed by atoms with E-state index in [0.717, 1.165) is 47.9 Å². The lowest BCUT2D eigenvalue weighted by molar-refractivity contribution is -0.155. The van der Waals surface area contributed by atoms with E-state index in [0.29, 0.717) is 0 Å². The van der Waals surface area contributed by atoms with E-state index in [-0.39, 0.29) is 25.0 Å². The molecule has 2 aromatic rings. The number of carboxylic acid groups (broad SMARTS) is 1. The van der Waals surface area contributed by atoms with Gasteiger partial charge in [0.15, 0.2) is 11.3 Å². The average Bonchev–Trinajstić information content (AvgIpc) is 3.57. The standard InChI is InChI=1S/C31H39N3O6/c1-31(32,30(39)40-18-25-22-14-8-6-12-20(22)21-13-7-9-15-23(21)25)28(37)24(19-10-4-5-11-19)17-33-26(16-27(35)36)29(38)34(2)3/h6-9,12-15,19,24-26,33H,4-5,10-11,16-18,32H2,1-3H3,(H,35,36)/t24-,26+,31?/m1/s1. The molecule has 4 N–H and O–H groups in total. The van der Waals surface area contributed by atoms with Crippen LogP contribution < -0.4 is 11.1 Å². The van der Waals surface area contributed by atoms with E-state index in [4.69, 9.17) is 10.5 Å². The Morgan fingerprint density at radius 1 is 1.02 bits per heavy atom. The first-order valence-corrected chi connectivity index (χ1v) is 13.9. The van der Waals surface area contributed by atoms with Gasteiger partial charge in [-0.2, -0.15) is 0 Å². The lowest BCUT2D eigenvalue weighted by atomic mass is 9.79. The Bertz CT molecular complexity index is 1220. The molecular formula is C31H39N3O6. The highest BCUT2D eigenvalue weighted by Crippen LogP contribution is 2.44. The number of Topliss-reactive ketones (excluding diaryl/α,β-unsaturated/α-hetero) is 1. The second kappa shape index (κ2) is 12.3. The van der Waals surface area contributed by atoms with Crippen molar-refractivity contribution in [3.8, 4) is 11.1 Å². The van der Waals surface area contributed by atoms with Gasteiger partial charge < -0.3 is 25.8 Å². The first kappa shape index (κ1) is 29.4. The summed E-state index contributed by atoms with van der Waals surface area (Å²) < 4.78 is 5.74. The van der Waals surface area contributed by atoms with Crippen molar-refractivity contribution in [2.24, 2.45) is 17.6 Å². The molecule has 9 heteroatoms. The molecule has 4 rings (SSSR count). The van der Waals surface area contributed by atoms with Crippen molar-refractivity contribution in [1.29, 1.82) is 0 Å². The number of ether oxygens (including phenoxy) is 1. The number of ketones is 1. The molecule has 9 nitrogen and oxygen atoms in total. The number of amides is 1. The van der Waals surface area contributed by atoms with Gasteiger partial charge >= 0.3 is 11.9 Å². The van der Waals surface area contributed by atoms with E-state index in [9.17, 15) is 24.3 Å². The lowest BCUT2D eigenvalue weighted by Crippen LogP contribution is -2.58. The molecule has 1 saturated carbocycles. The Hall–Kier alpha value is -3.56. The Morgan fingerprint density at radius 2 is 1.57 bits per heavy atom. The maximum atomic E-state index is 13.8. The topological polar surface area (TPSA) is 139 Å². The molecule has 1 fully saturated rings. The van der Waals surface area contributed by atoms with Crippen LogP contribution in [0.15, 0.2) is 48.5 Å². The Balaban J connectivity index is 1.48. The molecule has 1 amide bonds. The van der Waals surface area contributed by atoms with E-state index in [1.807, 2.05) is 48.5 Å². The summed E-state index contributed by atoms with van der Waals surface area (Å²) >= 11 is 0. The van der Waals surface area contributed by atoms with Gasteiger partial charge in [-0.3, -0.25) is 14.4 Å². The number of esters is 1. The molecule has 0 spiro atoms. The van der Waals surface area contributed by atoms with Crippen molar-refractivity contribution >= 4 is 23.6 Å². The molecule has 3 atom stereocenters. The van der Waals surface area contributed by atoms with E-state index in [1.165, 1.54) is 11.8 Å². The fourth-order valence-electron chi connectivity index (χ4n) is 6.07. The van der Waals surface area contributed by atoms with Crippen LogP contribution in [0.3, 0.4) is 0 Å². The largest absolute Gasteiger partial charge is 0.481 e. The first-order valence-electron chi connectivity index (χ1n) is 13.9. The van der Waals surface area contributed by atoms with Gasteiger partial charge in [0.25, 0.3) is 0 Å². The third-order valence-corrected chi connectivity index (χ3v) is 8.29. The zero-order valence-electron chi connectivity index (χ0n) is 23.4. The summed E-state index contributed by atoms with van der Waals surface area (Å²) in [6, 6.07) is 15.0. The summed E-state index contributed by atoms with van der Waals surface area (Å²) in [5.74, 6) is -3.63. The van der Waals surface area contributed by atoms with Crippen LogP contribution in [0.25, 0.3) is 11.1 Å². The number of benzene rings is 2. The number of carboxylic acids is 1. The summed E-state index contributed by atoms with van der Waals surface area (Å²) in [4.78, 5) is 52.5. The normalized spacial score (nSPS) is 17.8. The molecule has 0 aliphatic heterocycles. The molecule has 40 heavy (non-hydrogen) atoms. The van der Waals surface area contributed by atoms with Crippen LogP contribution in [0.4, 0.5) is 0 Å². The molecule has 2 aliphatic carbocycles. The number of aliphatic carboxylic acids is 1. The van der Waals surface area contributed by atoms with Crippen LogP contribution in [-0.2, 0) is 23.9 Å². The van der Waals surface area contributed by atoms with E-state index in [1.54, 1.807) is 14.1 Å². The zero-order valence-corrected chi connectivity index (χ0v) is 23.4. The molecule has 2 aliphatic rings. The van der Waals surface area contributed by atoms with Crippen LogP contribution in [0.5, 0.6) is 0 Å². The second-order valence-corrected chi connectivity index (χ2v) is 11.3. The van der Waals surface area contributed by atoms with E-state index < -0.39 is 47.5 Å². The monoisotopic (exact) mass is 549 g/mol. The predicted octanol–water partition coefficient (Wildman–Crippen LogP) is 2.96. The third kappa shape index (κ3) is 6.10. The molecule has 0 saturated heterocycles. The van der Waals surface area contributed by atoms with E-state index in [2.05, 4.69) is 5.32 Å². The van der Waals surface area contributed by atoms with Gasteiger partial charge in [0.1, 0.15) is 6.61 Å². The SMILES string of the molecule is CN(C)C(=O)[C@H](CC(=O)O)NC[C@@H](C(=O)C(C)(N)C(=O)OCC1c2ccccc2-c2ccccc21)C1CCCC1. The predicted molar refractivity (Wildman–Crippen MR) is 150 cm³/mol. The molecule has 0 aromatic heterocycles. The van der Waals surface area contributed by atoms with Gasteiger partial charge in [0.2, 0.25) is 5.91 Å². The van der Waals surface area contributed by atoms with Crippen LogP contribution in [0, 0.1) is 11.8 Å². The number of nitrogens with zero attached hydrogens (tertiary/aromatic N) is 1. The molecule has 0 heterocycles. The number of likely N-dealkylation sites (N-methyl/N-ethyl adjacent to an activating group) is 1. The lowest BCUT2D eigenvalue weighted by Gasteiger charge is -2.31. The summed E-state index contributed by atoms with van der Waals surface area (Å²) in [6.07, 6.45) is 3.08. The molecule has 1 unspecified atom stereocenters. The Labute approximate surface area is 235 Å². The highest BCUT2D eigenvalue weighted by atomic mass is 16.5. The van der Waals surface area contributed by atoms with Crippen molar-refractivity contribution in [2.45, 2.75) is 56.5 Å². The molecular weight excluding hydrogens is 510 g/mol. The number of hydrogen-bond acceptors (Lipinski definition) is 7.